The molecule has 1 aromatic heterocycles. The number of hydrogen-bond donors (Lipinski definition) is 2. The minimum Gasteiger partial charge on any atom is -0.345 e. The van der Waals surface area contributed by atoms with Gasteiger partial charge in [-0.3, -0.25) is 9.89 Å². The van der Waals surface area contributed by atoms with E-state index in [9.17, 15) is 4.79 Å². The predicted octanol–water partition coefficient (Wildman–Crippen LogP) is 3.30. The fraction of sp³-hybridized carbons (Fsp3) is 0.286. The van der Waals surface area contributed by atoms with Gasteiger partial charge in [-0.05, 0) is 23.6 Å². The van der Waals surface area contributed by atoms with E-state index in [1.54, 1.807) is 6.20 Å². The van der Waals surface area contributed by atoms with Gasteiger partial charge in [0.1, 0.15) is 0 Å². The fourth-order valence-electron chi connectivity index (χ4n) is 1.93. The molecule has 19 heavy (non-hydrogen) atoms. The summed E-state index contributed by atoms with van der Waals surface area (Å²) in [5, 5.41) is 9.48. The van der Waals surface area contributed by atoms with Gasteiger partial charge in [0.05, 0.1) is 17.8 Å². The van der Waals surface area contributed by atoms with Crippen molar-refractivity contribution in [2.24, 2.45) is 5.92 Å². The van der Waals surface area contributed by atoms with Gasteiger partial charge in [0.25, 0.3) is 5.91 Å². The monoisotopic (exact) mass is 321 g/mol. The highest BCUT2D eigenvalue weighted by atomic mass is 79.9. The van der Waals surface area contributed by atoms with Gasteiger partial charge in [0.15, 0.2) is 0 Å². The number of aromatic nitrogens is 2. The highest BCUT2D eigenvalue weighted by molar-refractivity contribution is 9.10. The molecular formula is C14H16BrN3O. The van der Waals surface area contributed by atoms with Crippen LogP contribution in [0.15, 0.2) is 41.1 Å². The summed E-state index contributed by atoms with van der Waals surface area (Å²) in [6.45, 7) is 4.17. The molecule has 0 aliphatic carbocycles. The van der Waals surface area contributed by atoms with Crippen molar-refractivity contribution in [1.82, 2.24) is 15.5 Å². The smallest absolute Gasteiger partial charge is 0.254 e. The van der Waals surface area contributed by atoms with E-state index in [1.165, 1.54) is 6.20 Å². The highest BCUT2D eigenvalue weighted by Gasteiger charge is 2.19. The Balaban J connectivity index is 2.20. The molecule has 1 atom stereocenters. The minimum absolute atomic E-state index is 0.0279. The van der Waals surface area contributed by atoms with Gasteiger partial charge >= 0.3 is 0 Å². The molecule has 0 aliphatic heterocycles. The van der Waals surface area contributed by atoms with Crippen molar-refractivity contribution < 1.29 is 4.79 Å². The number of carbonyl (C=O) groups excluding carboxylic acids is 1. The van der Waals surface area contributed by atoms with Crippen molar-refractivity contribution in [3.8, 4) is 0 Å². The molecule has 2 rings (SSSR count). The normalized spacial score (nSPS) is 12.4. The Hall–Kier alpha value is -1.62. The van der Waals surface area contributed by atoms with E-state index < -0.39 is 0 Å². The van der Waals surface area contributed by atoms with Crippen molar-refractivity contribution in [3.63, 3.8) is 0 Å². The topological polar surface area (TPSA) is 57.8 Å². The molecular weight excluding hydrogens is 306 g/mol. The summed E-state index contributed by atoms with van der Waals surface area (Å²) < 4.78 is 1.01. The molecule has 0 saturated carbocycles. The predicted molar refractivity (Wildman–Crippen MR) is 77.8 cm³/mol. The number of H-pyrrole nitrogens is 1. The van der Waals surface area contributed by atoms with E-state index in [0.29, 0.717) is 11.5 Å². The summed E-state index contributed by atoms with van der Waals surface area (Å²) in [5.74, 6) is 0.178. The maximum atomic E-state index is 12.1. The Morgan fingerprint density at radius 2 is 2.21 bits per heavy atom. The maximum Gasteiger partial charge on any atom is 0.254 e. The van der Waals surface area contributed by atoms with Gasteiger partial charge in [-0.15, -0.1) is 0 Å². The van der Waals surface area contributed by atoms with E-state index in [2.05, 4.69) is 45.3 Å². The number of carbonyl (C=O) groups is 1. The first-order chi connectivity index (χ1) is 9.08. The number of rotatable bonds is 4. The molecule has 4 nitrogen and oxygen atoms in total. The second-order valence-electron chi connectivity index (χ2n) is 4.74. The van der Waals surface area contributed by atoms with Crippen LogP contribution in [-0.4, -0.2) is 16.1 Å². The number of halogens is 1. The number of amides is 1. The van der Waals surface area contributed by atoms with Gasteiger partial charge in [0, 0.05) is 10.7 Å². The van der Waals surface area contributed by atoms with Crippen LogP contribution in [0.2, 0.25) is 0 Å². The molecule has 0 spiro atoms. The van der Waals surface area contributed by atoms with Crippen LogP contribution in [0.25, 0.3) is 0 Å². The van der Waals surface area contributed by atoms with Crippen LogP contribution < -0.4 is 5.32 Å². The lowest BCUT2D eigenvalue weighted by Gasteiger charge is -2.22. The first kappa shape index (κ1) is 13.8. The van der Waals surface area contributed by atoms with Crippen LogP contribution in [0, 0.1) is 5.92 Å². The lowest BCUT2D eigenvalue weighted by molar-refractivity contribution is 0.0925. The lowest BCUT2D eigenvalue weighted by atomic mass is 9.96. The molecule has 2 N–H and O–H groups in total. The average Bonchev–Trinajstić information content (AvgIpc) is 2.89. The first-order valence-corrected chi connectivity index (χ1v) is 6.92. The molecule has 0 saturated heterocycles. The summed E-state index contributed by atoms with van der Waals surface area (Å²) in [6, 6.07) is 7.96. The summed E-state index contributed by atoms with van der Waals surface area (Å²) in [4.78, 5) is 12.1. The summed E-state index contributed by atoms with van der Waals surface area (Å²) in [5.41, 5.74) is 1.63. The molecule has 2 aromatic rings. The highest BCUT2D eigenvalue weighted by Crippen LogP contribution is 2.24. The molecule has 1 heterocycles. The molecule has 1 amide bonds. The average molecular weight is 322 g/mol. The van der Waals surface area contributed by atoms with Crippen LogP contribution >= 0.6 is 15.9 Å². The molecule has 0 bridgehead atoms. The second kappa shape index (κ2) is 6.02. The Labute approximate surface area is 120 Å². The van der Waals surface area contributed by atoms with Gasteiger partial charge < -0.3 is 5.32 Å². The van der Waals surface area contributed by atoms with Gasteiger partial charge in [0.2, 0.25) is 0 Å². The van der Waals surface area contributed by atoms with Crippen molar-refractivity contribution in [2.75, 3.05) is 0 Å². The van der Waals surface area contributed by atoms with E-state index in [1.807, 2.05) is 24.3 Å². The molecule has 0 fully saturated rings. The van der Waals surface area contributed by atoms with Crippen molar-refractivity contribution in [1.29, 1.82) is 0 Å². The number of nitrogens with one attached hydrogen (secondary N) is 2. The van der Waals surface area contributed by atoms with E-state index in [0.717, 1.165) is 10.0 Å². The largest absolute Gasteiger partial charge is 0.345 e. The Kier molecular flexibility index (Phi) is 4.37. The van der Waals surface area contributed by atoms with E-state index >= 15 is 0 Å². The van der Waals surface area contributed by atoms with Crippen LogP contribution in [0.1, 0.15) is 35.8 Å². The number of aromatic amines is 1. The molecule has 0 radical (unpaired) electrons. The molecule has 0 unspecified atom stereocenters. The third kappa shape index (κ3) is 3.44. The van der Waals surface area contributed by atoms with Crippen LogP contribution in [-0.2, 0) is 0 Å². The lowest BCUT2D eigenvalue weighted by Crippen LogP contribution is -2.31. The number of hydrogen-bond acceptors (Lipinski definition) is 2. The van der Waals surface area contributed by atoms with Crippen LogP contribution in [0.3, 0.4) is 0 Å². The van der Waals surface area contributed by atoms with Gasteiger partial charge in [-0.1, -0.05) is 41.9 Å². The SMILES string of the molecule is CC(C)[C@H](NC(=O)c1cn[nH]c1)c1cccc(Br)c1. The van der Waals surface area contributed by atoms with Crippen LogP contribution in [0.5, 0.6) is 0 Å². The van der Waals surface area contributed by atoms with Crippen molar-refractivity contribution >= 4 is 21.8 Å². The molecule has 0 aliphatic rings. The summed E-state index contributed by atoms with van der Waals surface area (Å²) in [7, 11) is 0. The Morgan fingerprint density at radius 1 is 1.42 bits per heavy atom. The van der Waals surface area contributed by atoms with Gasteiger partial charge in [-0.2, -0.15) is 5.10 Å². The second-order valence-corrected chi connectivity index (χ2v) is 5.65. The Morgan fingerprint density at radius 3 is 2.79 bits per heavy atom. The number of nitrogens with zero attached hydrogens (tertiary/aromatic N) is 1. The van der Waals surface area contributed by atoms with Crippen molar-refractivity contribution in [2.45, 2.75) is 19.9 Å². The molecule has 100 valence electrons. The van der Waals surface area contributed by atoms with E-state index in [-0.39, 0.29) is 11.9 Å². The third-order valence-electron chi connectivity index (χ3n) is 2.92. The Bertz CT molecular complexity index is 552. The standard InChI is InChI=1S/C14H16BrN3O/c1-9(2)13(10-4-3-5-12(15)6-10)18-14(19)11-7-16-17-8-11/h3-9,13H,1-2H3,(H,16,17)(H,18,19)/t13-/m0/s1. The van der Waals surface area contributed by atoms with E-state index in [4.69, 9.17) is 0 Å². The zero-order valence-corrected chi connectivity index (χ0v) is 12.4. The fourth-order valence-corrected chi connectivity index (χ4v) is 2.35. The zero-order valence-electron chi connectivity index (χ0n) is 10.9. The van der Waals surface area contributed by atoms with Crippen LogP contribution in [0.4, 0.5) is 0 Å². The molecule has 5 heteroatoms. The summed E-state index contributed by atoms with van der Waals surface area (Å²) in [6.07, 6.45) is 3.11. The summed E-state index contributed by atoms with van der Waals surface area (Å²) >= 11 is 3.46. The third-order valence-corrected chi connectivity index (χ3v) is 3.41. The quantitative estimate of drug-likeness (QED) is 0.907. The number of benzene rings is 1. The minimum atomic E-state index is -0.118. The van der Waals surface area contributed by atoms with Crippen molar-refractivity contribution in [3.05, 3.63) is 52.3 Å². The zero-order chi connectivity index (χ0) is 13.8. The van der Waals surface area contributed by atoms with Gasteiger partial charge in [-0.25, -0.2) is 0 Å². The first-order valence-electron chi connectivity index (χ1n) is 6.13. The molecule has 1 aromatic carbocycles. The maximum absolute atomic E-state index is 12.1.